The zero-order chi connectivity index (χ0) is 13.4. The Bertz CT molecular complexity index is 662. The summed E-state index contributed by atoms with van der Waals surface area (Å²) in [6.07, 6.45) is 3.10. The van der Waals surface area contributed by atoms with Crippen LogP contribution in [0, 0.1) is 6.07 Å². The summed E-state index contributed by atoms with van der Waals surface area (Å²) < 4.78 is 21.9. The molecular weight excluding hydrogens is 262 g/mol. The minimum atomic E-state index is 0.428. The lowest BCUT2D eigenvalue weighted by molar-refractivity contribution is 0.162. The minimum Gasteiger partial charge on any atom is -0.484 e. The molecule has 0 aliphatic carbocycles. The van der Waals surface area contributed by atoms with Gasteiger partial charge in [-0.3, -0.25) is 0 Å². The Labute approximate surface area is 114 Å². The summed E-state index contributed by atoms with van der Waals surface area (Å²) in [4.78, 5) is 12.7. The molecule has 4 heterocycles. The molecule has 0 unspecified atom stereocenters. The van der Waals surface area contributed by atoms with Gasteiger partial charge in [0.05, 0.1) is 11.8 Å². The number of hydrogen-bond donors (Lipinski definition) is 0. The van der Waals surface area contributed by atoms with Crippen LogP contribution in [-0.2, 0) is 0 Å². The van der Waals surface area contributed by atoms with E-state index in [1.807, 2.05) is 0 Å². The molecule has 0 saturated carbocycles. The Morgan fingerprint density at radius 3 is 2.65 bits per heavy atom. The van der Waals surface area contributed by atoms with Crippen molar-refractivity contribution in [1.29, 1.82) is 0 Å². The molecule has 0 atom stereocenters. The van der Waals surface area contributed by atoms with Gasteiger partial charge >= 0.3 is 0 Å². The highest BCUT2D eigenvalue weighted by Crippen LogP contribution is 2.38. The standard InChI is InChI=1S/C13H10N3O4/c1-2-14-13-10(18-4-6-20-13)8(1)11-15-7-9-12(16-11)19-5-3-17-9/h2,7H,3-6H2. The van der Waals surface area contributed by atoms with Crippen LogP contribution in [0.5, 0.6) is 23.3 Å². The van der Waals surface area contributed by atoms with E-state index in [0.29, 0.717) is 61.1 Å². The second-order valence-electron chi connectivity index (χ2n) is 4.17. The summed E-state index contributed by atoms with van der Waals surface area (Å²) in [5, 5.41) is 0. The zero-order valence-electron chi connectivity index (χ0n) is 10.5. The van der Waals surface area contributed by atoms with Crippen molar-refractivity contribution in [2.45, 2.75) is 0 Å². The van der Waals surface area contributed by atoms with E-state index < -0.39 is 0 Å². The molecular formula is C13H10N3O4. The van der Waals surface area contributed by atoms with Gasteiger partial charge in [-0.2, -0.15) is 4.98 Å². The molecule has 20 heavy (non-hydrogen) atoms. The lowest BCUT2D eigenvalue weighted by atomic mass is 10.2. The third kappa shape index (κ3) is 1.78. The number of ether oxygens (including phenoxy) is 4. The van der Waals surface area contributed by atoms with Crippen LogP contribution in [0.4, 0.5) is 0 Å². The first kappa shape index (κ1) is 11.3. The molecule has 0 amide bonds. The van der Waals surface area contributed by atoms with Crippen LogP contribution < -0.4 is 18.9 Å². The average Bonchev–Trinajstić information content (AvgIpc) is 2.54. The van der Waals surface area contributed by atoms with Crippen molar-refractivity contribution in [1.82, 2.24) is 15.0 Å². The van der Waals surface area contributed by atoms with Gasteiger partial charge in [-0.25, -0.2) is 9.97 Å². The smallest absolute Gasteiger partial charge is 0.260 e. The van der Waals surface area contributed by atoms with E-state index in [-0.39, 0.29) is 0 Å². The Hall–Kier alpha value is -2.57. The number of fused-ring (bicyclic) bond motifs is 2. The van der Waals surface area contributed by atoms with E-state index in [9.17, 15) is 0 Å². The maximum absolute atomic E-state index is 5.58. The fourth-order valence-corrected chi connectivity index (χ4v) is 2.04. The number of pyridine rings is 1. The molecule has 0 fully saturated rings. The van der Waals surface area contributed by atoms with E-state index in [4.69, 9.17) is 18.9 Å². The lowest BCUT2D eigenvalue weighted by Gasteiger charge is -2.20. The summed E-state index contributed by atoms with van der Waals surface area (Å²) in [5.74, 6) is 2.36. The Balaban J connectivity index is 1.81. The van der Waals surface area contributed by atoms with Crippen LogP contribution in [0.1, 0.15) is 0 Å². The molecule has 2 aliphatic rings. The van der Waals surface area contributed by atoms with E-state index in [0.717, 1.165) is 0 Å². The van der Waals surface area contributed by atoms with Crippen LogP contribution in [0.2, 0.25) is 0 Å². The summed E-state index contributed by atoms with van der Waals surface area (Å²) in [6.45, 7) is 1.92. The lowest BCUT2D eigenvalue weighted by Crippen LogP contribution is -2.18. The monoisotopic (exact) mass is 272 g/mol. The third-order valence-electron chi connectivity index (χ3n) is 2.91. The molecule has 2 aromatic heterocycles. The molecule has 101 valence electrons. The van der Waals surface area contributed by atoms with Crippen LogP contribution >= 0.6 is 0 Å². The highest BCUT2D eigenvalue weighted by molar-refractivity contribution is 5.67. The van der Waals surface area contributed by atoms with E-state index >= 15 is 0 Å². The number of hydrogen-bond acceptors (Lipinski definition) is 7. The normalized spacial score (nSPS) is 15.8. The van der Waals surface area contributed by atoms with Crippen molar-refractivity contribution in [3.8, 4) is 34.6 Å². The van der Waals surface area contributed by atoms with E-state index in [1.54, 1.807) is 6.20 Å². The maximum Gasteiger partial charge on any atom is 0.260 e. The first-order valence-corrected chi connectivity index (χ1v) is 6.21. The molecule has 2 aliphatic heterocycles. The number of nitrogens with zero attached hydrogens (tertiary/aromatic N) is 3. The first-order valence-electron chi connectivity index (χ1n) is 6.21. The molecule has 0 saturated heterocycles. The van der Waals surface area contributed by atoms with Crippen molar-refractivity contribution in [3.05, 3.63) is 18.5 Å². The summed E-state index contributed by atoms with van der Waals surface area (Å²) in [6, 6.07) is 2.98. The molecule has 0 aromatic carbocycles. The summed E-state index contributed by atoms with van der Waals surface area (Å²) in [5.41, 5.74) is 0.603. The second-order valence-corrected chi connectivity index (χ2v) is 4.17. The number of rotatable bonds is 1. The van der Waals surface area contributed by atoms with Gasteiger partial charge in [0, 0.05) is 12.3 Å². The predicted molar refractivity (Wildman–Crippen MR) is 66.1 cm³/mol. The average molecular weight is 272 g/mol. The van der Waals surface area contributed by atoms with Crippen LogP contribution in [-0.4, -0.2) is 41.4 Å². The van der Waals surface area contributed by atoms with Gasteiger partial charge < -0.3 is 18.9 Å². The largest absolute Gasteiger partial charge is 0.484 e. The second kappa shape index (κ2) is 4.52. The molecule has 7 nitrogen and oxygen atoms in total. The number of aromatic nitrogens is 3. The quantitative estimate of drug-likeness (QED) is 0.762. The molecule has 4 rings (SSSR count). The predicted octanol–water partition coefficient (Wildman–Crippen LogP) is 0.881. The zero-order valence-corrected chi connectivity index (χ0v) is 10.5. The van der Waals surface area contributed by atoms with Crippen molar-refractivity contribution < 1.29 is 18.9 Å². The first-order chi connectivity index (χ1) is 9.92. The maximum atomic E-state index is 5.58. The molecule has 0 spiro atoms. The Morgan fingerprint density at radius 2 is 1.70 bits per heavy atom. The van der Waals surface area contributed by atoms with Gasteiger partial charge in [-0.05, 0) is 0 Å². The van der Waals surface area contributed by atoms with Crippen LogP contribution in [0.15, 0.2) is 12.4 Å². The van der Waals surface area contributed by atoms with Crippen molar-refractivity contribution in [2.24, 2.45) is 0 Å². The van der Waals surface area contributed by atoms with Crippen molar-refractivity contribution in [2.75, 3.05) is 26.4 Å². The van der Waals surface area contributed by atoms with Crippen molar-refractivity contribution in [3.63, 3.8) is 0 Å². The van der Waals surface area contributed by atoms with Gasteiger partial charge in [0.25, 0.3) is 11.8 Å². The minimum absolute atomic E-state index is 0.428. The molecule has 0 N–H and O–H groups in total. The fraction of sp³-hybridized carbons (Fsp3) is 0.308. The summed E-state index contributed by atoms with van der Waals surface area (Å²) in [7, 11) is 0. The van der Waals surface area contributed by atoms with Gasteiger partial charge in [-0.1, -0.05) is 0 Å². The van der Waals surface area contributed by atoms with Crippen LogP contribution in [0.3, 0.4) is 0 Å². The van der Waals surface area contributed by atoms with E-state index in [1.165, 1.54) is 6.20 Å². The van der Waals surface area contributed by atoms with Gasteiger partial charge in [0.15, 0.2) is 17.3 Å². The van der Waals surface area contributed by atoms with Crippen molar-refractivity contribution >= 4 is 0 Å². The fourth-order valence-electron chi connectivity index (χ4n) is 2.04. The van der Waals surface area contributed by atoms with Gasteiger partial charge in [0.2, 0.25) is 0 Å². The summed E-state index contributed by atoms with van der Waals surface area (Å²) >= 11 is 0. The third-order valence-corrected chi connectivity index (χ3v) is 2.91. The molecule has 0 bridgehead atoms. The Kier molecular flexibility index (Phi) is 2.55. The Morgan fingerprint density at radius 1 is 0.900 bits per heavy atom. The highest BCUT2D eigenvalue weighted by Gasteiger charge is 2.22. The SMILES string of the molecule is [c]1cnc2c(c1-c1ncc3c(n1)OCCO3)OCCO2. The molecule has 2 aromatic rings. The topological polar surface area (TPSA) is 75.6 Å². The molecule has 1 radical (unpaired) electrons. The highest BCUT2D eigenvalue weighted by atomic mass is 16.6. The van der Waals surface area contributed by atoms with E-state index in [2.05, 4.69) is 21.0 Å². The van der Waals surface area contributed by atoms with Gasteiger partial charge in [-0.15, -0.1) is 0 Å². The van der Waals surface area contributed by atoms with Gasteiger partial charge in [0.1, 0.15) is 26.4 Å². The van der Waals surface area contributed by atoms with Crippen LogP contribution in [0.25, 0.3) is 11.4 Å². The molecule has 7 heteroatoms.